The number of halogens is 1. The van der Waals surface area contributed by atoms with Crippen molar-refractivity contribution >= 4 is 5.91 Å². The van der Waals surface area contributed by atoms with Crippen LogP contribution in [0.4, 0.5) is 4.39 Å². The molecule has 0 radical (unpaired) electrons. The van der Waals surface area contributed by atoms with Crippen LogP contribution in [0.3, 0.4) is 0 Å². The Balaban J connectivity index is 2.02. The summed E-state index contributed by atoms with van der Waals surface area (Å²) in [4.78, 5) is 11.3. The van der Waals surface area contributed by atoms with Crippen molar-refractivity contribution in [3.63, 3.8) is 0 Å². The molecule has 0 heterocycles. The summed E-state index contributed by atoms with van der Waals surface area (Å²) in [5.41, 5.74) is 11.9. The lowest BCUT2D eigenvalue weighted by Crippen LogP contribution is -2.51. The van der Waals surface area contributed by atoms with Crippen LogP contribution in [0.2, 0.25) is 0 Å². The third-order valence-corrected chi connectivity index (χ3v) is 3.34. The third kappa shape index (κ3) is 4.30. The van der Waals surface area contributed by atoms with Crippen molar-refractivity contribution in [1.29, 1.82) is 0 Å². The van der Waals surface area contributed by atoms with Crippen molar-refractivity contribution < 1.29 is 13.9 Å². The van der Waals surface area contributed by atoms with Gasteiger partial charge in [-0.3, -0.25) is 4.79 Å². The Morgan fingerprint density at radius 2 is 1.82 bits per heavy atom. The first-order valence-corrected chi connectivity index (χ1v) is 6.92. The molecular formula is C17H19FN2O2. The van der Waals surface area contributed by atoms with Gasteiger partial charge in [-0.15, -0.1) is 0 Å². The number of benzene rings is 2. The van der Waals surface area contributed by atoms with E-state index in [-0.39, 0.29) is 5.82 Å². The Morgan fingerprint density at radius 3 is 2.45 bits per heavy atom. The number of rotatable bonds is 6. The Kier molecular flexibility index (Phi) is 4.78. The van der Waals surface area contributed by atoms with Gasteiger partial charge in [-0.2, -0.15) is 0 Å². The molecule has 2 rings (SSSR count). The number of primary amides is 1. The number of amides is 1. The Hall–Kier alpha value is -2.40. The van der Waals surface area contributed by atoms with E-state index in [9.17, 15) is 9.18 Å². The third-order valence-electron chi connectivity index (χ3n) is 3.34. The molecule has 1 unspecified atom stereocenters. The summed E-state index contributed by atoms with van der Waals surface area (Å²) in [5, 5.41) is 0. The smallest absolute Gasteiger partial charge is 0.237 e. The maximum atomic E-state index is 12.8. The second-order valence-electron chi connectivity index (χ2n) is 5.52. The monoisotopic (exact) mass is 302 g/mol. The average Bonchev–Trinajstić information content (AvgIpc) is 2.46. The van der Waals surface area contributed by atoms with Gasteiger partial charge in [0.05, 0.1) is 5.54 Å². The highest BCUT2D eigenvalue weighted by Gasteiger charge is 2.25. The van der Waals surface area contributed by atoms with E-state index in [2.05, 4.69) is 0 Å². The molecule has 0 aliphatic rings. The summed E-state index contributed by atoms with van der Waals surface area (Å²) in [6, 6.07) is 13.4. The normalized spacial score (nSPS) is 13.4. The zero-order valence-electron chi connectivity index (χ0n) is 12.4. The molecule has 22 heavy (non-hydrogen) atoms. The first kappa shape index (κ1) is 16.0. The van der Waals surface area contributed by atoms with E-state index >= 15 is 0 Å². The molecule has 0 aliphatic heterocycles. The van der Waals surface area contributed by atoms with E-state index in [1.54, 1.807) is 19.1 Å². The number of carbonyl (C=O) groups is 1. The molecule has 0 saturated heterocycles. The van der Waals surface area contributed by atoms with E-state index in [0.717, 1.165) is 11.1 Å². The number of nitrogens with two attached hydrogens (primary N) is 2. The molecule has 4 nitrogen and oxygen atoms in total. The molecule has 0 aromatic heterocycles. The zero-order valence-corrected chi connectivity index (χ0v) is 12.4. The fraction of sp³-hybridized carbons (Fsp3) is 0.235. The maximum Gasteiger partial charge on any atom is 0.237 e. The summed E-state index contributed by atoms with van der Waals surface area (Å²) >= 11 is 0. The number of ether oxygens (including phenoxy) is 1. The van der Waals surface area contributed by atoms with Gasteiger partial charge in [-0.05, 0) is 48.7 Å². The molecule has 4 N–H and O–H groups in total. The lowest BCUT2D eigenvalue weighted by Gasteiger charge is -2.20. The molecule has 2 aromatic rings. The summed E-state index contributed by atoms with van der Waals surface area (Å²) < 4.78 is 18.4. The topological polar surface area (TPSA) is 78.3 Å². The molecule has 0 bridgehead atoms. The standard InChI is InChI=1S/C17H19FN2O2/c1-17(20,16(19)21)10-12-3-2-4-13(9-12)11-22-15-7-5-14(18)6-8-15/h2-9H,10-11,20H2,1H3,(H2,19,21). The quantitative estimate of drug-likeness (QED) is 0.858. The number of hydrogen-bond donors (Lipinski definition) is 2. The lowest BCUT2D eigenvalue weighted by atomic mass is 9.92. The Labute approximate surface area is 128 Å². The fourth-order valence-corrected chi connectivity index (χ4v) is 2.04. The van der Waals surface area contributed by atoms with Crippen molar-refractivity contribution in [3.8, 4) is 5.75 Å². The predicted molar refractivity (Wildman–Crippen MR) is 82.7 cm³/mol. The molecule has 0 fully saturated rings. The SMILES string of the molecule is CC(N)(Cc1cccc(COc2ccc(F)cc2)c1)C(N)=O. The highest BCUT2D eigenvalue weighted by molar-refractivity contribution is 5.84. The van der Waals surface area contributed by atoms with Gasteiger partial charge in [0.1, 0.15) is 18.2 Å². The summed E-state index contributed by atoms with van der Waals surface area (Å²) in [7, 11) is 0. The van der Waals surface area contributed by atoms with Gasteiger partial charge in [0.25, 0.3) is 0 Å². The van der Waals surface area contributed by atoms with E-state index in [4.69, 9.17) is 16.2 Å². The van der Waals surface area contributed by atoms with Crippen molar-refractivity contribution in [1.82, 2.24) is 0 Å². The first-order chi connectivity index (χ1) is 10.4. The summed E-state index contributed by atoms with van der Waals surface area (Å²) in [6.45, 7) is 1.95. The molecule has 1 amide bonds. The molecule has 1 atom stereocenters. The van der Waals surface area contributed by atoms with E-state index in [0.29, 0.717) is 18.8 Å². The van der Waals surface area contributed by atoms with Crippen molar-refractivity contribution in [2.24, 2.45) is 11.5 Å². The second-order valence-corrected chi connectivity index (χ2v) is 5.52. The van der Waals surface area contributed by atoms with Gasteiger partial charge >= 0.3 is 0 Å². The molecule has 0 saturated carbocycles. The maximum absolute atomic E-state index is 12.8. The highest BCUT2D eigenvalue weighted by atomic mass is 19.1. The van der Waals surface area contributed by atoms with Crippen LogP contribution in [-0.4, -0.2) is 11.4 Å². The van der Waals surface area contributed by atoms with Crippen LogP contribution < -0.4 is 16.2 Å². The number of hydrogen-bond acceptors (Lipinski definition) is 3. The van der Waals surface area contributed by atoms with Crippen molar-refractivity contribution in [3.05, 3.63) is 65.5 Å². The summed E-state index contributed by atoms with van der Waals surface area (Å²) in [5.74, 6) is -0.254. The van der Waals surface area contributed by atoms with Crippen LogP contribution in [0.5, 0.6) is 5.75 Å². The van der Waals surface area contributed by atoms with Gasteiger partial charge in [-0.25, -0.2) is 4.39 Å². The van der Waals surface area contributed by atoms with Gasteiger partial charge in [0, 0.05) is 0 Å². The summed E-state index contributed by atoms with van der Waals surface area (Å²) in [6.07, 6.45) is 0.354. The Morgan fingerprint density at radius 1 is 1.18 bits per heavy atom. The Bertz CT molecular complexity index is 654. The van der Waals surface area contributed by atoms with Crippen LogP contribution in [0, 0.1) is 5.82 Å². The zero-order chi connectivity index (χ0) is 16.2. The van der Waals surface area contributed by atoms with Crippen LogP contribution in [0.15, 0.2) is 48.5 Å². The van der Waals surface area contributed by atoms with Gasteiger partial charge in [0.2, 0.25) is 5.91 Å². The highest BCUT2D eigenvalue weighted by Crippen LogP contribution is 2.16. The molecular weight excluding hydrogens is 283 g/mol. The van der Waals surface area contributed by atoms with Crippen LogP contribution >= 0.6 is 0 Å². The van der Waals surface area contributed by atoms with Gasteiger partial charge < -0.3 is 16.2 Å². The fourth-order valence-electron chi connectivity index (χ4n) is 2.04. The van der Waals surface area contributed by atoms with E-state index < -0.39 is 11.4 Å². The first-order valence-electron chi connectivity index (χ1n) is 6.92. The molecule has 0 aliphatic carbocycles. The predicted octanol–water partition coefficient (Wildman–Crippen LogP) is 2.15. The minimum atomic E-state index is -1.09. The van der Waals surface area contributed by atoms with E-state index in [1.807, 2.05) is 24.3 Å². The molecule has 0 spiro atoms. The molecule has 2 aromatic carbocycles. The van der Waals surface area contributed by atoms with Gasteiger partial charge in [0.15, 0.2) is 0 Å². The lowest BCUT2D eigenvalue weighted by molar-refractivity contribution is -0.122. The average molecular weight is 302 g/mol. The minimum Gasteiger partial charge on any atom is -0.489 e. The largest absolute Gasteiger partial charge is 0.489 e. The van der Waals surface area contributed by atoms with Crippen LogP contribution in [0.1, 0.15) is 18.1 Å². The molecule has 116 valence electrons. The number of carbonyl (C=O) groups excluding carboxylic acids is 1. The van der Waals surface area contributed by atoms with Crippen LogP contribution in [-0.2, 0) is 17.8 Å². The van der Waals surface area contributed by atoms with Crippen LogP contribution in [0.25, 0.3) is 0 Å². The second kappa shape index (κ2) is 6.58. The molecule has 5 heteroatoms. The minimum absolute atomic E-state index is 0.303. The van der Waals surface area contributed by atoms with Crippen molar-refractivity contribution in [2.75, 3.05) is 0 Å². The van der Waals surface area contributed by atoms with Gasteiger partial charge in [-0.1, -0.05) is 24.3 Å². The van der Waals surface area contributed by atoms with Crippen molar-refractivity contribution in [2.45, 2.75) is 25.5 Å². The van der Waals surface area contributed by atoms with E-state index in [1.165, 1.54) is 12.1 Å².